The van der Waals surface area contributed by atoms with Gasteiger partial charge in [0.25, 0.3) is 0 Å². The lowest BCUT2D eigenvalue weighted by molar-refractivity contribution is 0.212. The van der Waals surface area contributed by atoms with Crippen molar-refractivity contribution in [3.05, 3.63) is 76.9 Å². The lowest BCUT2D eigenvalue weighted by atomic mass is 10.1. The summed E-state index contributed by atoms with van der Waals surface area (Å²) in [6, 6.07) is 18.6. The van der Waals surface area contributed by atoms with Crippen LogP contribution in [0.4, 0.5) is 0 Å². The number of nitrogens with one attached hydrogen (secondary N) is 1. The average molecular weight is 395 g/mol. The van der Waals surface area contributed by atoms with Crippen molar-refractivity contribution in [3.63, 3.8) is 0 Å². The molecule has 1 aromatic heterocycles. The van der Waals surface area contributed by atoms with Crippen LogP contribution in [-0.2, 0) is 13.1 Å². The van der Waals surface area contributed by atoms with Crippen molar-refractivity contribution in [3.8, 4) is 11.3 Å². The van der Waals surface area contributed by atoms with Gasteiger partial charge in [0.2, 0.25) is 0 Å². The molecule has 2 heterocycles. The molecule has 1 aliphatic rings. The van der Waals surface area contributed by atoms with Gasteiger partial charge in [-0.3, -0.25) is 10.00 Å². The molecule has 1 N–H and O–H groups in total. The normalized spacial score (nSPS) is 14.8. The molecule has 0 atom stereocenters. The number of hydrogen-bond acceptors (Lipinski definition) is 3. The van der Waals surface area contributed by atoms with Crippen LogP contribution >= 0.6 is 11.6 Å². The molecule has 0 bridgehead atoms. The maximum absolute atomic E-state index is 6.07. The molecule has 2 aromatic carbocycles. The summed E-state index contributed by atoms with van der Waals surface area (Å²) < 4.78 is 0. The number of nitrogens with zero attached hydrogens (tertiary/aromatic N) is 3. The summed E-state index contributed by atoms with van der Waals surface area (Å²) in [6.45, 7) is 6.40. The van der Waals surface area contributed by atoms with Gasteiger partial charge in [0, 0.05) is 36.8 Å². The molecule has 1 fully saturated rings. The number of H-pyrrole nitrogens is 1. The van der Waals surface area contributed by atoms with E-state index in [2.05, 4.69) is 56.4 Å². The molecule has 4 nitrogen and oxygen atoms in total. The van der Waals surface area contributed by atoms with Crippen LogP contribution < -0.4 is 0 Å². The third-order valence-corrected chi connectivity index (χ3v) is 5.68. The summed E-state index contributed by atoms with van der Waals surface area (Å²) in [5.41, 5.74) is 4.82. The van der Waals surface area contributed by atoms with Crippen molar-refractivity contribution in [1.82, 2.24) is 20.0 Å². The molecule has 0 radical (unpaired) electrons. The van der Waals surface area contributed by atoms with E-state index < -0.39 is 0 Å². The lowest BCUT2D eigenvalue weighted by Crippen LogP contribution is -2.33. The quantitative estimate of drug-likeness (QED) is 0.594. The number of aromatic nitrogens is 2. The van der Waals surface area contributed by atoms with Gasteiger partial charge in [0.05, 0.1) is 11.9 Å². The maximum atomic E-state index is 6.07. The molecule has 4 rings (SSSR count). The zero-order valence-electron chi connectivity index (χ0n) is 16.1. The van der Waals surface area contributed by atoms with Crippen molar-refractivity contribution in [2.45, 2.75) is 25.9 Å². The van der Waals surface area contributed by atoms with Crippen LogP contribution in [0.1, 0.15) is 24.0 Å². The van der Waals surface area contributed by atoms with Gasteiger partial charge in [-0.05, 0) is 49.2 Å². The Bertz CT molecular complexity index is 854. The van der Waals surface area contributed by atoms with E-state index in [1.54, 1.807) is 0 Å². The molecule has 1 saturated heterocycles. The van der Waals surface area contributed by atoms with E-state index in [0.29, 0.717) is 0 Å². The van der Waals surface area contributed by atoms with Crippen molar-refractivity contribution in [1.29, 1.82) is 0 Å². The van der Waals surface area contributed by atoms with Crippen molar-refractivity contribution in [2.75, 3.05) is 26.2 Å². The van der Waals surface area contributed by atoms with Crippen molar-refractivity contribution >= 4 is 11.6 Å². The van der Waals surface area contributed by atoms with Gasteiger partial charge >= 0.3 is 0 Å². The van der Waals surface area contributed by atoms with E-state index in [-0.39, 0.29) is 0 Å². The van der Waals surface area contributed by atoms with E-state index in [0.717, 1.165) is 36.9 Å². The molecule has 0 unspecified atom stereocenters. The Morgan fingerprint density at radius 1 is 0.964 bits per heavy atom. The Balaban J connectivity index is 1.49. The minimum Gasteiger partial charge on any atom is -0.302 e. The van der Waals surface area contributed by atoms with E-state index >= 15 is 0 Å². The lowest BCUT2D eigenvalue weighted by Gasteiger charge is -2.25. The van der Waals surface area contributed by atoms with Crippen LogP contribution in [0.3, 0.4) is 0 Å². The van der Waals surface area contributed by atoms with Gasteiger partial charge in [0.15, 0.2) is 0 Å². The molecule has 3 aromatic rings. The molecule has 0 aliphatic carbocycles. The summed E-state index contributed by atoms with van der Waals surface area (Å²) in [6.07, 6.45) is 4.63. The molecule has 146 valence electrons. The first-order valence-electron chi connectivity index (χ1n) is 10.0. The summed E-state index contributed by atoms with van der Waals surface area (Å²) in [5, 5.41) is 8.31. The van der Waals surface area contributed by atoms with Gasteiger partial charge in [0.1, 0.15) is 0 Å². The Morgan fingerprint density at radius 3 is 2.46 bits per heavy atom. The first-order valence-corrected chi connectivity index (χ1v) is 10.4. The van der Waals surface area contributed by atoms with E-state index in [1.165, 1.54) is 42.6 Å². The van der Waals surface area contributed by atoms with E-state index in [9.17, 15) is 0 Å². The maximum Gasteiger partial charge on any atom is 0.0695 e. The Morgan fingerprint density at radius 2 is 1.71 bits per heavy atom. The second-order valence-corrected chi connectivity index (χ2v) is 7.96. The van der Waals surface area contributed by atoms with Gasteiger partial charge in [-0.25, -0.2) is 0 Å². The van der Waals surface area contributed by atoms with Gasteiger partial charge in [-0.1, -0.05) is 54.1 Å². The average Bonchev–Trinajstić information content (AvgIpc) is 3.40. The van der Waals surface area contributed by atoms with Crippen molar-refractivity contribution in [2.24, 2.45) is 0 Å². The summed E-state index contributed by atoms with van der Waals surface area (Å²) in [7, 11) is 0. The SMILES string of the molecule is Clc1ccc(CN(CCN2CCCC2)Cc2cn[nH]c2-c2ccccc2)cc1. The van der Waals surface area contributed by atoms with Gasteiger partial charge in [-0.15, -0.1) is 0 Å². The fourth-order valence-corrected chi connectivity index (χ4v) is 4.00. The molecular weight excluding hydrogens is 368 g/mol. The number of likely N-dealkylation sites (tertiary alicyclic amines) is 1. The summed E-state index contributed by atoms with van der Waals surface area (Å²) in [5.74, 6) is 0. The third kappa shape index (κ3) is 5.02. The zero-order valence-corrected chi connectivity index (χ0v) is 16.9. The van der Waals surface area contributed by atoms with Crippen LogP contribution in [0.2, 0.25) is 5.02 Å². The largest absolute Gasteiger partial charge is 0.302 e. The second kappa shape index (κ2) is 9.37. The van der Waals surface area contributed by atoms with Crippen LogP contribution in [0, 0.1) is 0 Å². The highest BCUT2D eigenvalue weighted by atomic mass is 35.5. The fraction of sp³-hybridized carbons (Fsp3) is 0.348. The second-order valence-electron chi connectivity index (χ2n) is 7.52. The standard InChI is InChI=1S/C23H27ClN4/c24-22-10-8-19(9-11-22)17-28(15-14-27-12-4-5-13-27)18-21-16-25-26-23(21)20-6-2-1-3-7-20/h1-3,6-11,16H,4-5,12-15,17-18H2,(H,25,26). The van der Waals surface area contributed by atoms with Crippen LogP contribution in [0.5, 0.6) is 0 Å². The Kier molecular flexibility index (Phi) is 6.42. The highest BCUT2D eigenvalue weighted by Gasteiger charge is 2.16. The van der Waals surface area contributed by atoms with Gasteiger partial charge in [-0.2, -0.15) is 5.10 Å². The van der Waals surface area contributed by atoms with Gasteiger partial charge < -0.3 is 4.90 Å². The highest BCUT2D eigenvalue weighted by Crippen LogP contribution is 2.23. The highest BCUT2D eigenvalue weighted by molar-refractivity contribution is 6.30. The minimum absolute atomic E-state index is 0.786. The Hall–Kier alpha value is -2.14. The smallest absolute Gasteiger partial charge is 0.0695 e. The Labute approximate surface area is 172 Å². The molecule has 0 spiro atoms. The third-order valence-electron chi connectivity index (χ3n) is 5.42. The molecule has 0 amide bonds. The van der Waals surface area contributed by atoms with Crippen molar-refractivity contribution < 1.29 is 0 Å². The van der Waals surface area contributed by atoms with E-state index in [1.807, 2.05) is 24.4 Å². The number of aromatic amines is 1. The number of halogens is 1. The number of hydrogen-bond donors (Lipinski definition) is 1. The first-order chi connectivity index (χ1) is 13.8. The fourth-order valence-electron chi connectivity index (χ4n) is 3.88. The predicted octanol–water partition coefficient (Wildman–Crippen LogP) is 4.83. The minimum atomic E-state index is 0.786. The number of rotatable bonds is 8. The molecule has 5 heteroatoms. The van der Waals surface area contributed by atoms with E-state index in [4.69, 9.17) is 11.6 Å². The molecule has 0 saturated carbocycles. The van der Waals surface area contributed by atoms with Crippen LogP contribution in [0.25, 0.3) is 11.3 Å². The summed E-state index contributed by atoms with van der Waals surface area (Å²) in [4.78, 5) is 5.08. The molecule has 28 heavy (non-hydrogen) atoms. The van der Waals surface area contributed by atoms with Crippen LogP contribution in [0.15, 0.2) is 60.8 Å². The molecular formula is C23H27ClN4. The first kappa shape index (κ1) is 19.2. The monoisotopic (exact) mass is 394 g/mol. The topological polar surface area (TPSA) is 35.2 Å². The zero-order chi connectivity index (χ0) is 19.2. The molecule has 1 aliphatic heterocycles. The van der Waals surface area contributed by atoms with Crippen LogP contribution in [-0.4, -0.2) is 46.2 Å². The number of benzene rings is 2. The summed E-state index contributed by atoms with van der Waals surface area (Å²) >= 11 is 6.07. The predicted molar refractivity (Wildman–Crippen MR) is 115 cm³/mol.